The molecule has 0 saturated heterocycles. The standard InChI is InChI=1S/C31H30F3N7O2S2/c1-4-22-8-6-7-9-26(22)41-29(45-40(5-2)30(41)42)37-28(44-3)35-19-18-21-10-12-23(13-11-21)27-36-20-39(38-27)24-14-16-25(17-15-24)43-31(32,33)34/h6-17,20H,4-5,18-19H2,1-3H3/b35-28-,37-29-. The smallest absolute Gasteiger partial charge is 0.406 e. The summed E-state index contributed by atoms with van der Waals surface area (Å²) in [6, 6.07) is 21.0. The number of aliphatic imine (C=N–C) groups is 1. The average Bonchev–Trinajstić information content (AvgIpc) is 3.65. The molecule has 45 heavy (non-hydrogen) atoms. The van der Waals surface area contributed by atoms with Crippen LogP contribution in [-0.2, 0) is 19.4 Å². The normalized spacial score (nSPS) is 12.6. The van der Waals surface area contributed by atoms with Crippen LogP contribution in [-0.4, -0.2) is 47.6 Å². The van der Waals surface area contributed by atoms with E-state index in [4.69, 9.17) is 9.98 Å². The molecule has 9 nitrogen and oxygen atoms in total. The topological polar surface area (TPSA) is 91.6 Å². The SMILES string of the molecule is CCc1ccccc1-n1c(=O)n(CC)s/c1=N\C(=N\CCc1ccc(-c2ncn(-c3ccc(OC(F)(F)F)cc3)n2)cc1)SC. The number of rotatable bonds is 9. The fraction of sp³-hybridized carbons (Fsp3) is 0.258. The van der Waals surface area contributed by atoms with Gasteiger partial charge in [0.15, 0.2) is 11.0 Å². The molecule has 5 aromatic rings. The Kier molecular flexibility index (Phi) is 10.0. The van der Waals surface area contributed by atoms with E-state index in [-0.39, 0.29) is 11.4 Å². The van der Waals surface area contributed by atoms with E-state index in [0.717, 1.165) is 28.8 Å². The number of aromatic nitrogens is 5. The van der Waals surface area contributed by atoms with Gasteiger partial charge in [-0.15, -0.1) is 18.3 Å². The number of hydrogen-bond acceptors (Lipinski definition) is 7. The second kappa shape index (κ2) is 14.1. The van der Waals surface area contributed by atoms with E-state index >= 15 is 0 Å². The summed E-state index contributed by atoms with van der Waals surface area (Å²) in [7, 11) is 0. The third-order valence-electron chi connectivity index (χ3n) is 6.75. The highest BCUT2D eigenvalue weighted by Crippen LogP contribution is 2.24. The van der Waals surface area contributed by atoms with Crippen molar-refractivity contribution in [1.29, 1.82) is 0 Å². The Balaban J connectivity index is 1.28. The Morgan fingerprint density at radius 2 is 1.76 bits per heavy atom. The van der Waals surface area contributed by atoms with Gasteiger partial charge in [0.2, 0.25) is 4.80 Å². The molecule has 5 rings (SSSR count). The Morgan fingerprint density at radius 1 is 1.02 bits per heavy atom. The van der Waals surface area contributed by atoms with E-state index in [1.54, 1.807) is 8.52 Å². The number of ether oxygens (including phenoxy) is 1. The minimum Gasteiger partial charge on any atom is -0.406 e. The minimum atomic E-state index is -4.75. The lowest BCUT2D eigenvalue weighted by atomic mass is 10.1. The van der Waals surface area contributed by atoms with Crippen molar-refractivity contribution < 1.29 is 17.9 Å². The van der Waals surface area contributed by atoms with Crippen LogP contribution in [0.2, 0.25) is 0 Å². The lowest BCUT2D eigenvalue weighted by Crippen LogP contribution is -2.29. The van der Waals surface area contributed by atoms with E-state index in [0.29, 0.717) is 41.0 Å². The van der Waals surface area contributed by atoms with E-state index in [1.807, 2.05) is 61.7 Å². The summed E-state index contributed by atoms with van der Waals surface area (Å²) < 4.78 is 46.0. The molecule has 0 radical (unpaired) electrons. The zero-order valence-corrected chi connectivity index (χ0v) is 26.4. The molecule has 3 aromatic carbocycles. The summed E-state index contributed by atoms with van der Waals surface area (Å²) in [5.41, 5.74) is 4.20. The third kappa shape index (κ3) is 7.81. The van der Waals surface area contributed by atoms with Crippen LogP contribution in [0.3, 0.4) is 0 Å². The van der Waals surface area contributed by atoms with E-state index in [1.165, 1.54) is 58.6 Å². The summed E-state index contributed by atoms with van der Waals surface area (Å²) in [5.74, 6) is 0.175. The first-order valence-electron chi connectivity index (χ1n) is 14.1. The molecule has 2 heterocycles. The predicted molar refractivity (Wildman–Crippen MR) is 172 cm³/mol. The zero-order valence-electron chi connectivity index (χ0n) is 24.7. The number of aryl methyl sites for hydroxylation is 2. The van der Waals surface area contributed by atoms with Crippen molar-refractivity contribution in [2.75, 3.05) is 12.8 Å². The quantitative estimate of drug-likeness (QED) is 0.138. The molecule has 0 unspecified atom stereocenters. The van der Waals surface area contributed by atoms with Crippen molar-refractivity contribution in [3.05, 3.63) is 106 Å². The van der Waals surface area contributed by atoms with Gasteiger partial charge < -0.3 is 4.74 Å². The predicted octanol–water partition coefficient (Wildman–Crippen LogP) is 6.29. The number of nitrogens with zero attached hydrogens (tertiary/aromatic N) is 7. The molecule has 2 aromatic heterocycles. The summed E-state index contributed by atoms with van der Waals surface area (Å²) in [5, 5.41) is 5.04. The molecule has 0 N–H and O–H groups in total. The van der Waals surface area contributed by atoms with Gasteiger partial charge in [-0.1, -0.05) is 61.2 Å². The third-order valence-corrected chi connectivity index (χ3v) is 8.41. The molecule has 14 heteroatoms. The van der Waals surface area contributed by atoms with Crippen LogP contribution in [0.15, 0.2) is 93.9 Å². The van der Waals surface area contributed by atoms with Crippen molar-refractivity contribution in [2.45, 2.75) is 39.6 Å². The van der Waals surface area contributed by atoms with Crippen LogP contribution in [0.5, 0.6) is 5.75 Å². The molecule has 0 spiro atoms. The molecule has 0 atom stereocenters. The maximum Gasteiger partial charge on any atom is 0.573 e. The van der Waals surface area contributed by atoms with E-state index in [2.05, 4.69) is 21.7 Å². The zero-order chi connectivity index (χ0) is 32.0. The van der Waals surface area contributed by atoms with Gasteiger partial charge >= 0.3 is 12.1 Å². The van der Waals surface area contributed by atoms with Crippen LogP contribution in [0, 0.1) is 0 Å². The molecule has 0 aliphatic carbocycles. The number of halogens is 3. The molecular formula is C31H30F3N7O2S2. The Morgan fingerprint density at radius 3 is 2.42 bits per heavy atom. The van der Waals surface area contributed by atoms with Gasteiger partial charge in [-0.05, 0) is 79.0 Å². The molecule has 0 aliphatic rings. The lowest BCUT2D eigenvalue weighted by Gasteiger charge is -2.09. The van der Waals surface area contributed by atoms with Crippen molar-refractivity contribution >= 4 is 28.5 Å². The summed E-state index contributed by atoms with van der Waals surface area (Å²) in [4.78, 5) is 27.6. The first kappa shape index (κ1) is 32.0. The van der Waals surface area contributed by atoms with Gasteiger partial charge in [-0.2, -0.15) is 4.99 Å². The van der Waals surface area contributed by atoms with Crippen molar-refractivity contribution in [2.24, 2.45) is 9.98 Å². The molecule has 0 fully saturated rings. The monoisotopic (exact) mass is 653 g/mol. The molecule has 234 valence electrons. The number of hydrogen-bond donors (Lipinski definition) is 0. The van der Waals surface area contributed by atoms with Crippen molar-refractivity contribution in [1.82, 2.24) is 23.3 Å². The summed E-state index contributed by atoms with van der Waals surface area (Å²) in [6.07, 6.45) is 0.142. The van der Waals surface area contributed by atoms with Gasteiger partial charge in [0, 0.05) is 18.7 Å². The fourth-order valence-electron chi connectivity index (χ4n) is 4.52. The van der Waals surface area contributed by atoms with Gasteiger partial charge in [-0.3, -0.25) is 4.99 Å². The highest BCUT2D eigenvalue weighted by Gasteiger charge is 2.31. The summed E-state index contributed by atoms with van der Waals surface area (Å²) >= 11 is 2.75. The minimum absolute atomic E-state index is 0.115. The Labute approximate surface area is 265 Å². The lowest BCUT2D eigenvalue weighted by molar-refractivity contribution is -0.274. The molecule has 0 bridgehead atoms. The van der Waals surface area contributed by atoms with Crippen LogP contribution in [0.4, 0.5) is 13.2 Å². The van der Waals surface area contributed by atoms with Crippen molar-refractivity contribution in [3.8, 4) is 28.5 Å². The first-order chi connectivity index (χ1) is 21.7. The van der Waals surface area contributed by atoms with Crippen LogP contribution in [0.25, 0.3) is 22.8 Å². The largest absolute Gasteiger partial charge is 0.573 e. The summed E-state index contributed by atoms with van der Waals surface area (Å²) in [6.45, 7) is 5.06. The number of thioether (sulfide) groups is 1. The van der Waals surface area contributed by atoms with Gasteiger partial charge in [0.1, 0.15) is 12.1 Å². The highest BCUT2D eigenvalue weighted by molar-refractivity contribution is 8.13. The Bertz CT molecular complexity index is 1910. The first-order valence-corrected chi connectivity index (χ1v) is 16.1. The van der Waals surface area contributed by atoms with E-state index in [9.17, 15) is 18.0 Å². The molecular weight excluding hydrogens is 624 g/mol. The second-order valence-corrected chi connectivity index (χ2v) is 11.4. The number of amidine groups is 1. The van der Waals surface area contributed by atoms with E-state index < -0.39 is 6.36 Å². The second-order valence-electron chi connectivity index (χ2n) is 9.65. The number of alkyl halides is 3. The van der Waals surface area contributed by atoms with Crippen LogP contribution >= 0.6 is 23.3 Å². The number of para-hydroxylation sites is 1. The molecule has 0 amide bonds. The van der Waals surface area contributed by atoms with Gasteiger partial charge in [0.25, 0.3) is 0 Å². The average molecular weight is 654 g/mol. The van der Waals surface area contributed by atoms with Crippen LogP contribution < -0.4 is 15.2 Å². The molecule has 0 aliphatic heterocycles. The van der Waals surface area contributed by atoms with Crippen LogP contribution in [0.1, 0.15) is 25.0 Å². The maximum atomic E-state index is 13.2. The Hall–Kier alpha value is -4.43. The number of benzene rings is 3. The van der Waals surface area contributed by atoms with Crippen molar-refractivity contribution in [3.63, 3.8) is 0 Å². The maximum absolute atomic E-state index is 13.2. The fourth-order valence-corrected chi connectivity index (χ4v) is 5.85. The molecule has 0 saturated carbocycles. The van der Waals surface area contributed by atoms with Gasteiger partial charge in [0.05, 0.1) is 11.4 Å². The highest BCUT2D eigenvalue weighted by atomic mass is 32.2. The van der Waals surface area contributed by atoms with Gasteiger partial charge in [-0.25, -0.2) is 23.0 Å².